The first-order valence-electron chi connectivity index (χ1n) is 2.99. The van der Waals surface area contributed by atoms with Crippen molar-refractivity contribution in [3.05, 3.63) is 0 Å². The number of isocyanates is 1. The van der Waals surface area contributed by atoms with Gasteiger partial charge in [-0.25, -0.2) is 4.79 Å². The number of carbonyl (C=O) groups excluding carboxylic acids is 2. The SMILES string of the molecule is CCOCCC(=O)N=C=O. The van der Waals surface area contributed by atoms with Gasteiger partial charge in [0.15, 0.2) is 0 Å². The lowest BCUT2D eigenvalue weighted by Crippen LogP contribution is -2.00. The maximum absolute atomic E-state index is 10.4. The lowest BCUT2D eigenvalue weighted by Gasteiger charge is -1.94. The maximum Gasteiger partial charge on any atom is 0.258 e. The van der Waals surface area contributed by atoms with E-state index in [9.17, 15) is 9.59 Å². The lowest BCUT2D eigenvalue weighted by molar-refractivity contribution is -0.118. The normalized spacial score (nSPS) is 8.50. The van der Waals surface area contributed by atoms with Crippen molar-refractivity contribution in [1.29, 1.82) is 0 Å². The zero-order valence-electron chi connectivity index (χ0n) is 5.79. The van der Waals surface area contributed by atoms with E-state index in [2.05, 4.69) is 4.99 Å². The number of hydrogen-bond acceptors (Lipinski definition) is 3. The van der Waals surface area contributed by atoms with E-state index in [1.54, 1.807) is 0 Å². The van der Waals surface area contributed by atoms with Gasteiger partial charge in [0.1, 0.15) is 0 Å². The largest absolute Gasteiger partial charge is 0.381 e. The molecule has 0 atom stereocenters. The lowest BCUT2D eigenvalue weighted by atomic mass is 10.4. The van der Waals surface area contributed by atoms with Crippen LogP contribution in [0.3, 0.4) is 0 Å². The molecule has 0 aliphatic rings. The number of amides is 1. The minimum atomic E-state index is -0.483. The summed E-state index contributed by atoms with van der Waals surface area (Å²) in [5.74, 6) is -0.483. The molecule has 0 aromatic rings. The molecule has 0 fully saturated rings. The Hall–Kier alpha value is -0.990. The number of carbonyl (C=O) groups is 1. The second-order valence-corrected chi connectivity index (χ2v) is 1.54. The highest BCUT2D eigenvalue weighted by Crippen LogP contribution is 1.84. The summed E-state index contributed by atoms with van der Waals surface area (Å²) >= 11 is 0. The predicted octanol–water partition coefficient (Wildman–Crippen LogP) is 0.275. The highest BCUT2D eigenvalue weighted by Gasteiger charge is 1.96. The van der Waals surface area contributed by atoms with Gasteiger partial charge in [-0.05, 0) is 6.92 Å². The standard InChI is InChI=1S/C6H9NO3/c1-2-10-4-3-6(9)7-5-8/h2-4H2,1H3. The Balaban J connectivity index is 3.31. The Bertz CT molecular complexity index is 149. The fourth-order valence-corrected chi connectivity index (χ4v) is 0.411. The molecule has 10 heavy (non-hydrogen) atoms. The first kappa shape index (κ1) is 9.01. The molecule has 1 amide bonds. The molecule has 0 radical (unpaired) electrons. The van der Waals surface area contributed by atoms with Crippen molar-refractivity contribution in [3.63, 3.8) is 0 Å². The topological polar surface area (TPSA) is 55.7 Å². The third kappa shape index (κ3) is 5.15. The molecule has 0 aliphatic carbocycles. The van der Waals surface area contributed by atoms with Gasteiger partial charge < -0.3 is 4.74 Å². The molecule has 0 spiro atoms. The summed E-state index contributed by atoms with van der Waals surface area (Å²) in [5, 5.41) is 0. The second-order valence-electron chi connectivity index (χ2n) is 1.54. The highest BCUT2D eigenvalue weighted by molar-refractivity contribution is 5.81. The molecule has 0 heterocycles. The molecule has 0 aromatic carbocycles. The molecule has 0 saturated heterocycles. The fraction of sp³-hybridized carbons (Fsp3) is 0.667. The molecular weight excluding hydrogens is 134 g/mol. The second kappa shape index (κ2) is 6.13. The number of rotatable bonds is 4. The maximum atomic E-state index is 10.4. The zero-order chi connectivity index (χ0) is 7.82. The Kier molecular flexibility index (Phi) is 5.53. The van der Waals surface area contributed by atoms with E-state index < -0.39 is 5.91 Å². The van der Waals surface area contributed by atoms with Crippen molar-refractivity contribution >= 4 is 12.0 Å². The average Bonchev–Trinajstić information content (AvgIpc) is 1.89. The zero-order valence-corrected chi connectivity index (χ0v) is 5.79. The van der Waals surface area contributed by atoms with Crippen molar-refractivity contribution in [1.82, 2.24) is 0 Å². The van der Waals surface area contributed by atoms with Gasteiger partial charge in [-0.15, -0.1) is 4.99 Å². The van der Waals surface area contributed by atoms with E-state index in [0.29, 0.717) is 13.2 Å². The van der Waals surface area contributed by atoms with Crippen molar-refractivity contribution in [3.8, 4) is 0 Å². The van der Waals surface area contributed by atoms with E-state index in [-0.39, 0.29) is 6.42 Å². The van der Waals surface area contributed by atoms with E-state index in [1.165, 1.54) is 0 Å². The third-order valence-electron chi connectivity index (χ3n) is 0.835. The number of ether oxygens (including phenoxy) is 1. The number of hydrogen-bond donors (Lipinski definition) is 0. The van der Waals surface area contributed by atoms with Crippen LogP contribution in [0, 0.1) is 0 Å². The van der Waals surface area contributed by atoms with Gasteiger partial charge in [0.05, 0.1) is 13.0 Å². The minimum absolute atomic E-state index is 0.156. The van der Waals surface area contributed by atoms with Crippen LogP contribution in [0.1, 0.15) is 13.3 Å². The summed E-state index contributed by atoms with van der Waals surface area (Å²) in [6.07, 6.45) is 1.32. The van der Waals surface area contributed by atoms with Gasteiger partial charge in [-0.1, -0.05) is 0 Å². The molecule has 0 bridgehead atoms. The van der Waals surface area contributed by atoms with Crippen LogP contribution in [0.5, 0.6) is 0 Å². The summed E-state index contributed by atoms with van der Waals surface area (Å²) in [5.41, 5.74) is 0. The summed E-state index contributed by atoms with van der Waals surface area (Å²) in [7, 11) is 0. The Morgan fingerprint density at radius 2 is 2.40 bits per heavy atom. The summed E-state index contributed by atoms with van der Waals surface area (Å²) in [4.78, 5) is 22.8. The van der Waals surface area contributed by atoms with Gasteiger partial charge in [0.25, 0.3) is 5.91 Å². The van der Waals surface area contributed by atoms with Crippen molar-refractivity contribution < 1.29 is 14.3 Å². The van der Waals surface area contributed by atoms with Crippen LogP contribution in [0.2, 0.25) is 0 Å². The van der Waals surface area contributed by atoms with Gasteiger partial charge >= 0.3 is 0 Å². The van der Waals surface area contributed by atoms with Crippen molar-refractivity contribution in [2.75, 3.05) is 13.2 Å². The number of nitrogens with zero attached hydrogens (tertiary/aromatic N) is 1. The van der Waals surface area contributed by atoms with Gasteiger partial charge in [0.2, 0.25) is 6.08 Å². The van der Waals surface area contributed by atoms with Gasteiger partial charge in [-0.3, -0.25) is 4.79 Å². The molecule has 4 heteroatoms. The third-order valence-corrected chi connectivity index (χ3v) is 0.835. The summed E-state index contributed by atoms with van der Waals surface area (Å²) in [6.45, 7) is 2.71. The molecule has 0 unspecified atom stereocenters. The first-order chi connectivity index (χ1) is 4.81. The molecule has 0 aromatic heterocycles. The quantitative estimate of drug-likeness (QED) is 0.322. The molecule has 0 N–H and O–H groups in total. The van der Waals surface area contributed by atoms with Crippen molar-refractivity contribution in [2.24, 2.45) is 4.99 Å². The van der Waals surface area contributed by atoms with E-state index >= 15 is 0 Å². The summed E-state index contributed by atoms with van der Waals surface area (Å²) in [6, 6.07) is 0. The van der Waals surface area contributed by atoms with E-state index in [4.69, 9.17) is 4.74 Å². The van der Waals surface area contributed by atoms with Crippen molar-refractivity contribution in [2.45, 2.75) is 13.3 Å². The molecule has 0 saturated carbocycles. The minimum Gasteiger partial charge on any atom is -0.381 e. The van der Waals surface area contributed by atoms with Crippen LogP contribution in [0.15, 0.2) is 4.99 Å². The van der Waals surface area contributed by atoms with Crippen LogP contribution in [0.25, 0.3) is 0 Å². The molecule has 0 rings (SSSR count). The molecule has 4 nitrogen and oxygen atoms in total. The average molecular weight is 143 g/mol. The first-order valence-corrected chi connectivity index (χ1v) is 2.99. The predicted molar refractivity (Wildman–Crippen MR) is 34.2 cm³/mol. The Morgan fingerprint density at radius 3 is 2.90 bits per heavy atom. The fourth-order valence-electron chi connectivity index (χ4n) is 0.411. The smallest absolute Gasteiger partial charge is 0.258 e. The molecular formula is C6H9NO3. The Morgan fingerprint density at radius 1 is 1.70 bits per heavy atom. The Labute approximate surface area is 58.9 Å². The van der Waals surface area contributed by atoms with Crippen LogP contribution in [-0.2, 0) is 14.3 Å². The van der Waals surface area contributed by atoms with Crippen LogP contribution in [-0.4, -0.2) is 25.2 Å². The van der Waals surface area contributed by atoms with Crippen LogP contribution in [0.4, 0.5) is 0 Å². The van der Waals surface area contributed by atoms with E-state index in [0.717, 1.165) is 6.08 Å². The van der Waals surface area contributed by atoms with E-state index in [1.807, 2.05) is 6.92 Å². The molecule has 0 aliphatic heterocycles. The number of aliphatic imine (C=N–C) groups is 1. The summed E-state index contributed by atoms with van der Waals surface area (Å²) < 4.78 is 4.84. The van der Waals surface area contributed by atoms with Crippen LogP contribution < -0.4 is 0 Å². The van der Waals surface area contributed by atoms with Gasteiger partial charge in [-0.2, -0.15) is 0 Å². The van der Waals surface area contributed by atoms with Crippen LogP contribution >= 0.6 is 0 Å². The molecule has 56 valence electrons. The monoisotopic (exact) mass is 143 g/mol. The van der Waals surface area contributed by atoms with Gasteiger partial charge in [0, 0.05) is 6.61 Å². The highest BCUT2D eigenvalue weighted by atomic mass is 16.5.